The lowest BCUT2D eigenvalue weighted by Crippen LogP contribution is -2.33. The lowest BCUT2D eigenvalue weighted by atomic mass is 9.91. The topological polar surface area (TPSA) is 63.8 Å². The molecule has 1 aromatic rings. The zero-order chi connectivity index (χ0) is 13.4. The summed E-state index contributed by atoms with van der Waals surface area (Å²) in [4.78, 5) is 14.6. The molecule has 5 heteroatoms. The summed E-state index contributed by atoms with van der Waals surface area (Å²) in [5.41, 5.74) is 6.40. The SMILES string of the molecule is CC(C)C(C(N)=O)n1c(C(C)(C)C)c[nH]c1=S. The second-order valence-corrected chi connectivity index (χ2v) is 6.08. The van der Waals surface area contributed by atoms with Crippen molar-refractivity contribution >= 4 is 18.1 Å². The molecule has 1 rings (SSSR count). The molecule has 1 aromatic heterocycles. The van der Waals surface area contributed by atoms with E-state index >= 15 is 0 Å². The normalized spacial score (nSPS) is 14.0. The zero-order valence-corrected chi connectivity index (χ0v) is 11.9. The summed E-state index contributed by atoms with van der Waals surface area (Å²) in [7, 11) is 0. The molecule has 0 aliphatic rings. The number of nitrogens with zero attached hydrogens (tertiary/aromatic N) is 1. The van der Waals surface area contributed by atoms with Gasteiger partial charge in [-0.1, -0.05) is 34.6 Å². The Morgan fingerprint density at radius 2 is 2.00 bits per heavy atom. The van der Waals surface area contributed by atoms with Crippen molar-refractivity contribution in [2.75, 3.05) is 0 Å². The maximum absolute atomic E-state index is 11.6. The van der Waals surface area contributed by atoms with Gasteiger partial charge in [0.25, 0.3) is 0 Å². The summed E-state index contributed by atoms with van der Waals surface area (Å²) in [6.07, 6.45) is 1.86. The van der Waals surface area contributed by atoms with E-state index in [-0.39, 0.29) is 17.2 Å². The van der Waals surface area contributed by atoms with Crippen LogP contribution in [0, 0.1) is 10.7 Å². The van der Waals surface area contributed by atoms with Crippen molar-refractivity contribution in [1.29, 1.82) is 0 Å². The molecule has 0 fully saturated rings. The van der Waals surface area contributed by atoms with Gasteiger partial charge >= 0.3 is 0 Å². The Hall–Kier alpha value is -1.10. The van der Waals surface area contributed by atoms with Crippen LogP contribution in [0.2, 0.25) is 0 Å². The smallest absolute Gasteiger partial charge is 0.240 e. The van der Waals surface area contributed by atoms with Gasteiger partial charge in [0.2, 0.25) is 5.91 Å². The Morgan fingerprint density at radius 3 is 2.35 bits per heavy atom. The van der Waals surface area contributed by atoms with Crippen LogP contribution >= 0.6 is 12.2 Å². The van der Waals surface area contributed by atoms with E-state index in [0.717, 1.165) is 5.69 Å². The average Bonchev–Trinajstić information content (AvgIpc) is 2.46. The van der Waals surface area contributed by atoms with Crippen LogP contribution in [0.15, 0.2) is 6.20 Å². The fraction of sp³-hybridized carbons (Fsp3) is 0.667. The lowest BCUT2D eigenvalue weighted by molar-refractivity contribution is -0.122. The number of hydrogen-bond acceptors (Lipinski definition) is 2. The summed E-state index contributed by atoms with van der Waals surface area (Å²) in [5.74, 6) is -0.239. The van der Waals surface area contributed by atoms with Crippen molar-refractivity contribution in [3.05, 3.63) is 16.7 Å². The predicted molar refractivity (Wildman–Crippen MR) is 71.4 cm³/mol. The standard InChI is InChI=1S/C12H21N3OS/c1-7(2)9(10(13)16)15-8(12(3,4)5)6-14-11(15)17/h6-7,9H,1-5H3,(H2,13,16)(H,14,17). The number of amides is 1. The van der Waals surface area contributed by atoms with Crippen LogP contribution in [-0.4, -0.2) is 15.5 Å². The van der Waals surface area contributed by atoms with Gasteiger partial charge in [0.1, 0.15) is 6.04 Å². The van der Waals surface area contributed by atoms with Crippen LogP contribution in [0.4, 0.5) is 0 Å². The van der Waals surface area contributed by atoms with Crippen LogP contribution in [0.25, 0.3) is 0 Å². The molecule has 0 radical (unpaired) electrons. The van der Waals surface area contributed by atoms with Crippen molar-refractivity contribution in [2.45, 2.75) is 46.1 Å². The number of carbonyl (C=O) groups is 1. The molecular formula is C12H21N3OS. The number of hydrogen-bond donors (Lipinski definition) is 2. The molecule has 1 heterocycles. The number of nitrogens with one attached hydrogen (secondary N) is 1. The first-order chi connectivity index (χ1) is 7.66. The van der Waals surface area contributed by atoms with Gasteiger partial charge in [-0.15, -0.1) is 0 Å². The summed E-state index contributed by atoms with van der Waals surface area (Å²) >= 11 is 5.26. The predicted octanol–water partition coefficient (Wildman–Crippen LogP) is 2.53. The molecular weight excluding hydrogens is 234 g/mol. The first-order valence-corrected chi connectivity index (χ1v) is 6.16. The summed E-state index contributed by atoms with van der Waals surface area (Å²) < 4.78 is 2.40. The monoisotopic (exact) mass is 255 g/mol. The van der Waals surface area contributed by atoms with Gasteiger partial charge in [-0.3, -0.25) is 4.79 Å². The van der Waals surface area contributed by atoms with Crippen LogP contribution in [0.1, 0.15) is 46.4 Å². The minimum absolute atomic E-state index is 0.0872. The number of H-pyrrole nitrogens is 1. The Bertz CT molecular complexity index is 465. The van der Waals surface area contributed by atoms with E-state index in [1.54, 1.807) is 0 Å². The van der Waals surface area contributed by atoms with E-state index in [9.17, 15) is 4.79 Å². The number of aromatic nitrogens is 2. The second-order valence-electron chi connectivity index (χ2n) is 5.69. The molecule has 0 saturated heterocycles. The van der Waals surface area contributed by atoms with Crippen molar-refractivity contribution in [2.24, 2.45) is 11.7 Å². The fourth-order valence-electron chi connectivity index (χ4n) is 1.99. The quantitative estimate of drug-likeness (QED) is 0.815. The first-order valence-electron chi connectivity index (χ1n) is 5.76. The highest BCUT2D eigenvalue weighted by atomic mass is 32.1. The van der Waals surface area contributed by atoms with Crippen molar-refractivity contribution in [3.63, 3.8) is 0 Å². The third kappa shape index (κ3) is 2.77. The van der Waals surface area contributed by atoms with Crippen LogP contribution in [-0.2, 0) is 10.2 Å². The average molecular weight is 255 g/mol. The van der Waals surface area contributed by atoms with Crippen molar-refractivity contribution in [1.82, 2.24) is 9.55 Å². The molecule has 4 nitrogen and oxygen atoms in total. The molecule has 0 aliphatic heterocycles. The van der Waals surface area contributed by atoms with Gasteiger partial charge in [-0.25, -0.2) is 0 Å². The fourth-order valence-corrected chi connectivity index (χ4v) is 2.26. The molecule has 17 heavy (non-hydrogen) atoms. The van der Waals surface area contributed by atoms with Crippen LogP contribution in [0.3, 0.4) is 0 Å². The Kier molecular flexibility index (Phi) is 3.81. The van der Waals surface area contributed by atoms with Gasteiger partial charge in [0.15, 0.2) is 4.77 Å². The third-order valence-corrected chi connectivity index (χ3v) is 3.09. The number of carbonyl (C=O) groups excluding carboxylic acids is 1. The van der Waals surface area contributed by atoms with E-state index in [1.165, 1.54) is 0 Å². The van der Waals surface area contributed by atoms with Crippen molar-refractivity contribution in [3.8, 4) is 0 Å². The number of aromatic amines is 1. The lowest BCUT2D eigenvalue weighted by Gasteiger charge is -2.27. The molecule has 1 amide bonds. The molecule has 1 unspecified atom stereocenters. The second kappa shape index (κ2) is 4.64. The molecule has 96 valence electrons. The molecule has 0 aliphatic carbocycles. The van der Waals surface area contributed by atoms with Gasteiger partial charge in [-0.05, 0) is 18.1 Å². The number of imidazole rings is 1. The van der Waals surface area contributed by atoms with E-state index < -0.39 is 6.04 Å². The highest BCUT2D eigenvalue weighted by molar-refractivity contribution is 7.71. The maximum atomic E-state index is 11.6. The van der Waals surface area contributed by atoms with E-state index in [1.807, 2.05) is 24.6 Å². The number of primary amides is 1. The number of nitrogens with two attached hydrogens (primary N) is 1. The number of rotatable bonds is 3. The van der Waals surface area contributed by atoms with Crippen molar-refractivity contribution < 1.29 is 4.79 Å². The Morgan fingerprint density at radius 1 is 1.47 bits per heavy atom. The Balaban J connectivity index is 3.43. The first kappa shape index (κ1) is 14.0. The molecule has 0 aromatic carbocycles. The molecule has 0 spiro atoms. The minimum Gasteiger partial charge on any atom is -0.368 e. The largest absolute Gasteiger partial charge is 0.368 e. The van der Waals surface area contributed by atoms with E-state index in [0.29, 0.717) is 4.77 Å². The maximum Gasteiger partial charge on any atom is 0.240 e. The highest BCUT2D eigenvalue weighted by Crippen LogP contribution is 2.28. The zero-order valence-electron chi connectivity index (χ0n) is 11.1. The third-order valence-electron chi connectivity index (χ3n) is 2.78. The van der Waals surface area contributed by atoms with Gasteiger partial charge in [0.05, 0.1) is 0 Å². The van der Waals surface area contributed by atoms with Gasteiger partial charge in [-0.2, -0.15) is 0 Å². The Labute approximate surface area is 107 Å². The van der Waals surface area contributed by atoms with Crippen LogP contribution in [0.5, 0.6) is 0 Å². The van der Waals surface area contributed by atoms with Gasteiger partial charge in [0, 0.05) is 17.3 Å². The summed E-state index contributed by atoms with van der Waals surface area (Å²) in [6, 6.07) is -0.400. The minimum atomic E-state index is -0.400. The summed E-state index contributed by atoms with van der Waals surface area (Å²) in [6.45, 7) is 10.2. The summed E-state index contributed by atoms with van der Waals surface area (Å²) in [5, 5.41) is 0. The highest BCUT2D eigenvalue weighted by Gasteiger charge is 2.28. The molecule has 3 N–H and O–H groups in total. The van der Waals surface area contributed by atoms with Gasteiger partial charge < -0.3 is 15.3 Å². The molecule has 0 bridgehead atoms. The van der Waals surface area contributed by atoms with Crippen LogP contribution < -0.4 is 5.73 Å². The molecule has 0 saturated carbocycles. The molecule has 1 atom stereocenters. The van der Waals surface area contributed by atoms with E-state index in [4.69, 9.17) is 18.0 Å². The van der Waals surface area contributed by atoms with E-state index in [2.05, 4.69) is 25.8 Å².